The molecule has 0 unspecified atom stereocenters. The molecule has 0 fully saturated rings. The van der Waals surface area contributed by atoms with E-state index in [1.165, 1.54) is 6.07 Å². The fraction of sp³-hybridized carbons (Fsp3) is 0.105. The van der Waals surface area contributed by atoms with Crippen LogP contribution in [-0.2, 0) is 6.61 Å². The number of ether oxygens (including phenoxy) is 2. The zero-order valence-corrected chi connectivity index (χ0v) is 13.8. The van der Waals surface area contributed by atoms with Gasteiger partial charge in [-0.1, -0.05) is 12.1 Å². The maximum atomic E-state index is 11.8. The maximum Gasteiger partial charge on any atom is 0.336 e. The molecule has 7 heteroatoms. The smallest absolute Gasteiger partial charge is 0.336 e. The second-order valence-corrected chi connectivity index (χ2v) is 5.64. The number of hydrogen-bond acceptors (Lipinski definition) is 6. The molecule has 2 aromatic carbocycles. The molecule has 0 saturated carbocycles. The molecule has 26 heavy (non-hydrogen) atoms. The molecule has 0 bridgehead atoms. The average Bonchev–Trinajstić information content (AvgIpc) is 2.67. The van der Waals surface area contributed by atoms with Crippen molar-refractivity contribution in [3.8, 4) is 11.6 Å². The van der Waals surface area contributed by atoms with Crippen LogP contribution in [-0.4, -0.2) is 17.3 Å². The lowest BCUT2D eigenvalue weighted by Crippen LogP contribution is -2.11. The van der Waals surface area contributed by atoms with Gasteiger partial charge in [0.05, 0.1) is 17.9 Å². The summed E-state index contributed by atoms with van der Waals surface area (Å²) in [4.78, 5) is 23.7. The topological polar surface area (TPSA) is 94.4 Å². The third-order valence-electron chi connectivity index (χ3n) is 4.06. The molecular weight excluding hydrogens is 336 g/mol. The molecule has 0 saturated heterocycles. The van der Waals surface area contributed by atoms with Crippen LogP contribution in [0.2, 0.25) is 0 Å². The van der Waals surface area contributed by atoms with Crippen LogP contribution >= 0.6 is 0 Å². The van der Waals surface area contributed by atoms with Crippen LogP contribution in [0.5, 0.6) is 11.6 Å². The van der Waals surface area contributed by atoms with Crippen LogP contribution in [0, 0.1) is 0 Å². The Hall–Kier alpha value is -3.61. The summed E-state index contributed by atoms with van der Waals surface area (Å²) in [6.45, 7) is 0.0947. The van der Waals surface area contributed by atoms with Crippen molar-refractivity contribution >= 4 is 21.7 Å². The van der Waals surface area contributed by atoms with Crippen molar-refractivity contribution in [2.75, 3.05) is 7.11 Å². The van der Waals surface area contributed by atoms with Crippen molar-refractivity contribution < 1.29 is 13.9 Å². The normalized spacial score (nSPS) is 11.0. The Morgan fingerprint density at radius 2 is 1.85 bits per heavy atom. The first-order chi connectivity index (χ1) is 12.7. The van der Waals surface area contributed by atoms with E-state index in [0.717, 1.165) is 5.39 Å². The standard InChI is InChI=1S/C19H14N2O5/c1-24-12-6-7-13-11(8-17(22)26-16(13)9-12)10-25-19-15-5-3-2-4-14(15)18(23)20-21-19/h2-9H,10H2,1H3,(H,20,23). The second-order valence-electron chi connectivity index (χ2n) is 5.64. The van der Waals surface area contributed by atoms with E-state index in [4.69, 9.17) is 13.9 Å². The molecule has 2 aromatic heterocycles. The number of nitrogens with one attached hydrogen (secondary N) is 1. The van der Waals surface area contributed by atoms with E-state index in [9.17, 15) is 9.59 Å². The monoisotopic (exact) mass is 350 g/mol. The highest BCUT2D eigenvalue weighted by Crippen LogP contribution is 2.25. The molecule has 0 aliphatic rings. The van der Waals surface area contributed by atoms with Crippen LogP contribution in [0.3, 0.4) is 0 Å². The summed E-state index contributed by atoms with van der Waals surface area (Å²) >= 11 is 0. The Bertz CT molecular complexity index is 1230. The minimum absolute atomic E-state index is 0.0947. The molecule has 130 valence electrons. The average molecular weight is 350 g/mol. The van der Waals surface area contributed by atoms with Gasteiger partial charge < -0.3 is 13.9 Å². The first-order valence-electron chi connectivity index (χ1n) is 7.87. The van der Waals surface area contributed by atoms with Gasteiger partial charge in [-0.15, -0.1) is 5.10 Å². The van der Waals surface area contributed by atoms with Crippen LogP contribution in [0.1, 0.15) is 5.56 Å². The van der Waals surface area contributed by atoms with E-state index >= 15 is 0 Å². The molecule has 1 N–H and O–H groups in total. The highest BCUT2D eigenvalue weighted by molar-refractivity contribution is 5.85. The number of benzene rings is 2. The van der Waals surface area contributed by atoms with E-state index in [-0.39, 0.29) is 18.0 Å². The van der Waals surface area contributed by atoms with Crippen LogP contribution in [0.25, 0.3) is 21.7 Å². The summed E-state index contributed by atoms with van der Waals surface area (Å²) < 4.78 is 16.2. The van der Waals surface area contributed by atoms with Gasteiger partial charge in [0.25, 0.3) is 5.56 Å². The number of hydrogen-bond donors (Lipinski definition) is 1. The Morgan fingerprint density at radius 3 is 2.65 bits per heavy atom. The molecular formula is C19H14N2O5. The first-order valence-corrected chi connectivity index (χ1v) is 7.87. The number of aromatic amines is 1. The summed E-state index contributed by atoms with van der Waals surface area (Å²) in [5.74, 6) is 0.877. The van der Waals surface area contributed by atoms with E-state index in [1.54, 1.807) is 49.6 Å². The predicted octanol–water partition coefficient (Wildman–Crippen LogP) is 2.62. The van der Waals surface area contributed by atoms with Crippen molar-refractivity contribution in [1.29, 1.82) is 0 Å². The molecule has 0 aliphatic carbocycles. The van der Waals surface area contributed by atoms with Gasteiger partial charge >= 0.3 is 5.63 Å². The molecule has 0 radical (unpaired) electrons. The number of methoxy groups -OCH3 is 1. The fourth-order valence-electron chi connectivity index (χ4n) is 2.80. The molecule has 0 amide bonds. The van der Waals surface area contributed by atoms with Gasteiger partial charge in [0.1, 0.15) is 17.9 Å². The second kappa shape index (κ2) is 6.36. The van der Waals surface area contributed by atoms with Gasteiger partial charge in [0.2, 0.25) is 5.88 Å². The van der Waals surface area contributed by atoms with Crippen molar-refractivity contribution in [2.45, 2.75) is 6.61 Å². The molecule has 0 atom stereocenters. The lowest BCUT2D eigenvalue weighted by Gasteiger charge is -2.09. The minimum Gasteiger partial charge on any atom is -0.497 e. The van der Waals surface area contributed by atoms with Gasteiger partial charge in [-0.05, 0) is 24.3 Å². The molecule has 0 spiro atoms. The molecule has 7 nitrogen and oxygen atoms in total. The predicted molar refractivity (Wildman–Crippen MR) is 95.7 cm³/mol. The number of aromatic nitrogens is 2. The maximum absolute atomic E-state index is 11.8. The Kier molecular flexibility index (Phi) is 3.89. The number of fused-ring (bicyclic) bond motifs is 2. The minimum atomic E-state index is -0.483. The van der Waals surface area contributed by atoms with E-state index < -0.39 is 5.63 Å². The Labute approximate surface area is 146 Å². The van der Waals surface area contributed by atoms with Crippen molar-refractivity contribution in [3.05, 3.63) is 74.9 Å². The van der Waals surface area contributed by atoms with Crippen molar-refractivity contribution in [3.63, 3.8) is 0 Å². The summed E-state index contributed by atoms with van der Waals surface area (Å²) in [6.07, 6.45) is 0. The number of rotatable bonds is 4. The summed E-state index contributed by atoms with van der Waals surface area (Å²) in [7, 11) is 1.54. The molecule has 0 aliphatic heterocycles. The third-order valence-corrected chi connectivity index (χ3v) is 4.06. The fourth-order valence-corrected chi connectivity index (χ4v) is 2.80. The largest absolute Gasteiger partial charge is 0.497 e. The number of nitrogens with zero attached hydrogens (tertiary/aromatic N) is 1. The zero-order chi connectivity index (χ0) is 18.1. The zero-order valence-electron chi connectivity index (χ0n) is 13.8. The first kappa shape index (κ1) is 15.9. The summed E-state index contributed by atoms with van der Waals surface area (Å²) in [5, 5.41) is 8.21. The van der Waals surface area contributed by atoms with Crippen molar-refractivity contribution in [1.82, 2.24) is 10.2 Å². The molecule has 4 rings (SSSR count). The Balaban J connectivity index is 1.74. The molecule has 2 heterocycles. The van der Waals surface area contributed by atoms with Crippen LogP contribution in [0.15, 0.2) is 62.5 Å². The summed E-state index contributed by atoms with van der Waals surface area (Å²) in [5.41, 5.74) is 0.292. The Morgan fingerprint density at radius 1 is 1.04 bits per heavy atom. The van der Waals surface area contributed by atoms with E-state index in [1.807, 2.05) is 0 Å². The van der Waals surface area contributed by atoms with Gasteiger partial charge in [0.15, 0.2) is 0 Å². The summed E-state index contributed by atoms with van der Waals surface area (Å²) in [6, 6.07) is 13.6. The SMILES string of the molecule is COc1ccc2c(COc3n[nH]c(=O)c4ccccc34)cc(=O)oc2c1. The van der Waals surface area contributed by atoms with Gasteiger partial charge in [-0.2, -0.15) is 0 Å². The van der Waals surface area contributed by atoms with E-state index in [2.05, 4.69) is 10.2 Å². The lowest BCUT2D eigenvalue weighted by molar-refractivity contribution is 0.294. The van der Waals surface area contributed by atoms with Crippen LogP contribution in [0.4, 0.5) is 0 Å². The van der Waals surface area contributed by atoms with Crippen LogP contribution < -0.4 is 20.7 Å². The lowest BCUT2D eigenvalue weighted by atomic mass is 10.1. The quantitative estimate of drug-likeness (QED) is 0.569. The highest BCUT2D eigenvalue weighted by Gasteiger charge is 2.11. The van der Waals surface area contributed by atoms with Gasteiger partial charge in [-0.25, -0.2) is 9.89 Å². The number of H-pyrrole nitrogens is 1. The van der Waals surface area contributed by atoms with Crippen molar-refractivity contribution in [2.24, 2.45) is 0 Å². The molecule has 4 aromatic rings. The van der Waals surface area contributed by atoms with Gasteiger partial charge in [-0.3, -0.25) is 4.79 Å². The van der Waals surface area contributed by atoms with Gasteiger partial charge in [0, 0.05) is 23.1 Å². The third kappa shape index (κ3) is 2.79. The highest BCUT2D eigenvalue weighted by atomic mass is 16.5. The van der Waals surface area contributed by atoms with E-state index in [0.29, 0.717) is 27.7 Å².